The second-order valence-corrected chi connectivity index (χ2v) is 6.89. The summed E-state index contributed by atoms with van der Waals surface area (Å²) in [6.07, 6.45) is 0. The number of fused-ring (bicyclic) bond motifs is 1. The molecule has 4 aromatic rings. The van der Waals surface area contributed by atoms with Gasteiger partial charge in [-0.25, -0.2) is 0 Å². The Hall–Kier alpha value is -2.86. The fourth-order valence-corrected chi connectivity index (χ4v) is 3.38. The fraction of sp³-hybridized carbons (Fsp3) is 0.120. The van der Waals surface area contributed by atoms with E-state index in [4.69, 9.17) is 0 Å². The third-order valence-electron chi connectivity index (χ3n) is 4.86. The molecule has 0 N–H and O–H groups in total. The fourth-order valence-electron chi connectivity index (χ4n) is 3.38. The van der Waals surface area contributed by atoms with Crippen molar-refractivity contribution in [3.05, 3.63) is 96.6 Å². The molecule has 0 unspecified atom stereocenters. The van der Waals surface area contributed by atoms with E-state index in [1.807, 2.05) is 0 Å². The zero-order chi connectivity index (χ0) is 17.2. The van der Waals surface area contributed by atoms with Crippen LogP contribution in [0, 0.1) is 0 Å². The summed E-state index contributed by atoms with van der Waals surface area (Å²) in [7, 11) is 0. The molecule has 0 nitrogen and oxygen atoms in total. The predicted octanol–water partition coefficient (Wildman–Crippen LogP) is 7.30. The van der Waals surface area contributed by atoms with E-state index in [2.05, 4.69) is 105 Å². The average molecular weight is 322 g/mol. The molecule has 0 bridgehead atoms. The predicted molar refractivity (Wildman–Crippen MR) is 109 cm³/mol. The highest BCUT2D eigenvalue weighted by Crippen LogP contribution is 2.36. The van der Waals surface area contributed by atoms with Crippen LogP contribution in [0.4, 0.5) is 0 Å². The van der Waals surface area contributed by atoms with E-state index >= 15 is 0 Å². The van der Waals surface area contributed by atoms with E-state index < -0.39 is 0 Å². The Balaban J connectivity index is 1.94. The molecule has 25 heavy (non-hydrogen) atoms. The van der Waals surface area contributed by atoms with Crippen LogP contribution in [0.15, 0.2) is 91.0 Å². The first-order chi connectivity index (χ1) is 12.2. The Morgan fingerprint density at radius 1 is 0.520 bits per heavy atom. The van der Waals surface area contributed by atoms with Crippen molar-refractivity contribution >= 4 is 10.8 Å². The van der Waals surface area contributed by atoms with Gasteiger partial charge >= 0.3 is 0 Å². The highest BCUT2D eigenvalue weighted by molar-refractivity contribution is 5.96. The van der Waals surface area contributed by atoms with Crippen LogP contribution in [-0.4, -0.2) is 0 Å². The van der Waals surface area contributed by atoms with Crippen molar-refractivity contribution in [2.24, 2.45) is 0 Å². The first-order valence-corrected chi connectivity index (χ1v) is 8.91. The van der Waals surface area contributed by atoms with Crippen molar-refractivity contribution in [1.29, 1.82) is 0 Å². The summed E-state index contributed by atoms with van der Waals surface area (Å²) in [5.74, 6) is 0.555. The molecule has 0 atom stereocenters. The largest absolute Gasteiger partial charge is 0.0622 e. The van der Waals surface area contributed by atoms with Crippen molar-refractivity contribution in [1.82, 2.24) is 0 Å². The number of rotatable bonds is 3. The number of hydrogen-bond donors (Lipinski definition) is 0. The van der Waals surface area contributed by atoms with E-state index in [0.29, 0.717) is 5.92 Å². The maximum atomic E-state index is 2.32. The lowest BCUT2D eigenvalue weighted by molar-refractivity contribution is 0.867. The van der Waals surface area contributed by atoms with Crippen molar-refractivity contribution in [3.63, 3.8) is 0 Å². The Morgan fingerprint density at radius 2 is 1.00 bits per heavy atom. The summed E-state index contributed by atoms with van der Waals surface area (Å²) in [6.45, 7) is 4.47. The molecule has 0 aliphatic rings. The monoisotopic (exact) mass is 322 g/mol. The number of benzene rings is 4. The highest BCUT2D eigenvalue weighted by Gasteiger charge is 2.10. The SMILES string of the molecule is CC(C)c1ccc(-c2cc3ccccc3cc2-c2ccccc2)cc1. The molecule has 0 radical (unpaired) electrons. The van der Waals surface area contributed by atoms with Gasteiger partial charge in [0.05, 0.1) is 0 Å². The molecule has 0 saturated carbocycles. The average Bonchev–Trinajstić information content (AvgIpc) is 2.68. The molecule has 0 heteroatoms. The second kappa shape index (κ2) is 6.57. The van der Waals surface area contributed by atoms with Gasteiger partial charge in [-0.2, -0.15) is 0 Å². The van der Waals surface area contributed by atoms with Gasteiger partial charge < -0.3 is 0 Å². The quantitative estimate of drug-likeness (QED) is 0.371. The van der Waals surface area contributed by atoms with Crippen LogP contribution in [0.2, 0.25) is 0 Å². The molecular weight excluding hydrogens is 300 g/mol. The zero-order valence-corrected chi connectivity index (χ0v) is 14.7. The molecule has 4 aromatic carbocycles. The van der Waals surface area contributed by atoms with Gasteiger partial charge in [-0.1, -0.05) is 92.7 Å². The first-order valence-electron chi connectivity index (χ1n) is 8.91. The molecule has 0 fully saturated rings. The second-order valence-electron chi connectivity index (χ2n) is 6.89. The van der Waals surface area contributed by atoms with E-state index in [9.17, 15) is 0 Å². The Morgan fingerprint density at radius 3 is 1.52 bits per heavy atom. The Labute approximate surface area is 149 Å². The lowest BCUT2D eigenvalue weighted by atomic mass is 9.90. The van der Waals surface area contributed by atoms with Gasteiger partial charge in [-0.3, -0.25) is 0 Å². The highest BCUT2D eigenvalue weighted by atomic mass is 14.1. The lowest BCUT2D eigenvalue weighted by Gasteiger charge is -2.14. The summed E-state index contributed by atoms with van der Waals surface area (Å²) in [5, 5.41) is 2.56. The minimum Gasteiger partial charge on any atom is -0.0622 e. The summed E-state index contributed by atoms with van der Waals surface area (Å²) in [5.41, 5.74) is 6.49. The van der Waals surface area contributed by atoms with Crippen LogP contribution >= 0.6 is 0 Å². The van der Waals surface area contributed by atoms with Crippen molar-refractivity contribution in [2.75, 3.05) is 0 Å². The molecule has 0 spiro atoms. The van der Waals surface area contributed by atoms with E-state index in [-0.39, 0.29) is 0 Å². The normalized spacial score (nSPS) is 11.2. The van der Waals surface area contributed by atoms with Crippen molar-refractivity contribution in [3.8, 4) is 22.3 Å². The summed E-state index contributed by atoms with van der Waals surface area (Å²) < 4.78 is 0. The Kier molecular flexibility index (Phi) is 4.11. The van der Waals surface area contributed by atoms with Crippen LogP contribution in [0.5, 0.6) is 0 Å². The third kappa shape index (κ3) is 3.08. The number of hydrogen-bond acceptors (Lipinski definition) is 0. The molecule has 0 aromatic heterocycles. The maximum Gasteiger partial charge on any atom is -0.00990 e. The Bertz CT molecular complexity index is 993. The van der Waals surface area contributed by atoms with E-state index in [1.165, 1.54) is 38.6 Å². The van der Waals surface area contributed by atoms with E-state index in [1.54, 1.807) is 0 Å². The lowest BCUT2D eigenvalue weighted by Crippen LogP contribution is -1.89. The first kappa shape index (κ1) is 15.7. The van der Waals surface area contributed by atoms with Crippen molar-refractivity contribution in [2.45, 2.75) is 19.8 Å². The van der Waals surface area contributed by atoms with Gasteiger partial charge in [-0.05, 0) is 56.6 Å². The molecule has 0 aliphatic carbocycles. The maximum absolute atomic E-state index is 2.32. The van der Waals surface area contributed by atoms with Crippen molar-refractivity contribution < 1.29 is 0 Å². The van der Waals surface area contributed by atoms with Gasteiger partial charge in [0.1, 0.15) is 0 Å². The van der Waals surface area contributed by atoms with Gasteiger partial charge in [0.2, 0.25) is 0 Å². The smallest absolute Gasteiger partial charge is 0.00990 e. The van der Waals surface area contributed by atoms with Crippen LogP contribution in [0.1, 0.15) is 25.3 Å². The summed E-state index contributed by atoms with van der Waals surface area (Å²) >= 11 is 0. The molecule has 0 saturated heterocycles. The minimum atomic E-state index is 0.555. The van der Waals surface area contributed by atoms with Gasteiger partial charge in [-0.15, -0.1) is 0 Å². The third-order valence-corrected chi connectivity index (χ3v) is 4.86. The minimum absolute atomic E-state index is 0.555. The topological polar surface area (TPSA) is 0 Å². The molecule has 0 amide bonds. The summed E-state index contributed by atoms with van der Waals surface area (Å²) in [6, 6.07) is 32.9. The van der Waals surface area contributed by atoms with Gasteiger partial charge in [0.15, 0.2) is 0 Å². The summed E-state index contributed by atoms with van der Waals surface area (Å²) in [4.78, 5) is 0. The van der Waals surface area contributed by atoms with Crippen LogP contribution in [0.3, 0.4) is 0 Å². The molecule has 0 heterocycles. The van der Waals surface area contributed by atoms with Crippen LogP contribution in [-0.2, 0) is 0 Å². The van der Waals surface area contributed by atoms with Crippen LogP contribution in [0.25, 0.3) is 33.0 Å². The van der Waals surface area contributed by atoms with Gasteiger partial charge in [0, 0.05) is 0 Å². The molecular formula is C25H22. The zero-order valence-electron chi connectivity index (χ0n) is 14.7. The van der Waals surface area contributed by atoms with Crippen LogP contribution < -0.4 is 0 Å². The van der Waals surface area contributed by atoms with E-state index in [0.717, 1.165) is 0 Å². The van der Waals surface area contributed by atoms with Gasteiger partial charge in [0.25, 0.3) is 0 Å². The molecule has 4 rings (SSSR count). The molecule has 0 aliphatic heterocycles. The standard InChI is InChI=1S/C25H22/c1-18(2)19-12-14-21(15-13-19)25-17-23-11-7-6-10-22(23)16-24(25)20-8-4-3-5-9-20/h3-18H,1-2H3. The molecule has 122 valence electrons.